The second-order valence-corrected chi connectivity index (χ2v) is 3.90. The van der Waals surface area contributed by atoms with E-state index < -0.39 is 0 Å². The van der Waals surface area contributed by atoms with Gasteiger partial charge in [-0.05, 0) is 25.1 Å². The van der Waals surface area contributed by atoms with Crippen molar-refractivity contribution in [1.82, 2.24) is 9.97 Å². The third-order valence-corrected chi connectivity index (χ3v) is 2.25. The number of hydrogen-bond acceptors (Lipinski definition) is 4. The Labute approximate surface area is 104 Å². The number of para-hydroxylation sites is 1. The molecular weight excluding hydrogens is 234 g/mol. The van der Waals surface area contributed by atoms with Crippen molar-refractivity contribution < 1.29 is 4.74 Å². The Kier molecular flexibility index (Phi) is 3.30. The van der Waals surface area contributed by atoms with E-state index in [4.69, 9.17) is 22.7 Å². The van der Waals surface area contributed by atoms with Crippen LogP contribution in [0.25, 0.3) is 0 Å². The maximum absolute atomic E-state index is 5.53. The summed E-state index contributed by atoms with van der Waals surface area (Å²) in [5.41, 5.74) is 6.80. The van der Waals surface area contributed by atoms with Crippen LogP contribution in [0.15, 0.2) is 36.4 Å². The Hall–Kier alpha value is -2.01. The van der Waals surface area contributed by atoms with Gasteiger partial charge in [-0.3, -0.25) is 0 Å². The molecule has 17 heavy (non-hydrogen) atoms. The molecule has 4 nitrogen and oxygen atoms in total. The first-order valence-corrected chi connectivity index (χ1v) is 5.44. The molecule has 1 heterocycles. The first-order chi connectivity index (χ1) is 8.15. The highest BCUT2D eigenvalue weighted by Gasteiger charge is 2.06. The maximum Gasteiger partial charge on any atom is 0.322 e. The third kappa shape index (κ3) is 2.98. The van der Waals surface area contributed by atoms with Crippen LogP contribution in [0.2, 0.25) is 0 Å². The van der Waals surface area contributed by atoms with E-state index in [0.717, 1.165) is 5.69 Å². The number of thiocarbonyl (C=S) groups is 1. The molecule has 0 bridgehead atoms. The molecular formula is C12H11N3OS. The van der Waals surface area contributed by atoms with E-state index >= 15 is 0 Å². The third-order valence-electron chi connectivity index (χ3n) is 2.04. The SMILES string of the molecule is Cc1cc(C(N)=S)nc(Oc2ccccc2)n1. The monoisotopic (exact) mass is 245 g/mol. The van der Waals surface area contributed by atoms with Crippen molar-refractivity contribution >= 4 is 17.2 Å². The minimum atomic E-state index is 0.230. The van der Waals surface area contributed by atoms with Gasteiger partial charge in [0.05, 0.1) is 0 Å². The van der Waals surface area contributed by atoms with Crippen LogP contribution in [0.1, 0.15) is 11.4 Å². The highest BCUT2D eigenvalue weighted by molar-refractivity contribution is 7.80. The fraction of sp³-hybridized carbons (Fsp3) is 0.0833. The van der Waals surface area contributed by atoms with Gasteiger partial charge in [-0.2, -0.15) is 4.98 Å². The van der Waals surface area contributed by atoms with Crippen LogP contribution in [0.4, 0.5) is 0 Å². The van der Waals surface area contributed by atoms with Crippen LogP contribution < -0.4 is 10.5 Å². The van der Waals surface area contributed by atoms with Gasteiger partial charge in [0.1, 0.15) is 16.4 Å². The normalized spacial score (nSPS) is 9.94. The van der Waals surface area contributed by atoms with E-state index in [1.807, 2.05) is 37.3 Å². The van der Waals surface area contributed by atoms with Gasteiger partial charge < -0.3 is 10.5 Å². The predicted octanol–water partition coefficient (Wildman–Crippen LogP) is 2.21. The zero-order chi connectivity index (χ0) is 12.3. The standard InChI is InChI=1S/C12H11N3OS/c1-8-7-10(11(13)17)15-12(14-8)16-9-5-3-2-4-6-9/h2-7H,1H3,(H2,13,17). The van der Waals surface area contributed by atoms with Crippen molar-refractivity contribution in [3.8, 4) is 11.8 Å². The summed E-state index contributed by atoms with van der Waals surface area (Å²) in [4.78, 5) is 8.52. The van der Waals surface area contributed by atoms with Crippen molar-refractivity contribution in [3.63, 3.8) is 0 Å². The first kappa shape index (κ1) is 11.5. The molecule has 0 aliphatic heterocycles. The summed E-state index contributed by atoms with van der Waals surface area (Å²) in [5, 5.41) is 0. The highest BCUT2D eigenvalue weighted by atomic mass is 32.1. The summed E-state index contributed by atoms with van der Waals surface area (Å²) in [6.07, 6.45) is 0. The molecule has 0 aliphatic rings. The summed E-state index contributed by atoms with van der Waals surface area (Å²) in [7, 11) is 0. The fourth-order valence-electron chi connectivity index (χ4n) is 1.31. The van der Waals surface area contributed by atoms with Crippen molar-refractivity contribution in [3.05, 3.63) is 47.8 Å². The number of aromatic nitrogens is 2. The number of rotatable bonds is 3. The molecule has 1 aromatic heterocycles. The minimum absolute atomic E-state index is 0.230. The zero-order valence-corrected chi connectivity index (χ0v) is 10.1. The summed E-state index contributed by atoms with van der Waals surface area (Å²) in [5.74, 6) is 0.673. The summed E-state index contributed by atoms with van der Waals surface area (Å²) in [6, 6.07) is 11.3. The molecule has 0 amide bonds. The van der Waals surface area contributed by atoms with Gasteiger partial charge in [0.2, 0.25) is 0 Å². The number of aryl methyl sites for hydroxylation is 1. The molecule has 2 rings (SSSR count). The summed E-state index contributed by atoms with van der Waals surface area (Å²) < 4.78 is 5.51. The van der Waals surface area contributed by atoms with Gasteiger partial charge in [-0.25, -0.2) is 4.98 Å². The second-order valence-electron chi connectivity index (χ2n) is 3.46. The molecule has 0 spiro atoms. The first-order valence-electron chi connectivity index (χ1n) is 5.03. The summed E-state index contributed by atoms with van der Waals surface area (Å²) >= 11 is 4.88. The Morgan fingerprint density at radius 1 is 1.24 bits per heavy atom. The molecule has 0 unspecified atom stereocenters. The quantitative estimate of drug-likeness (QED) is 0.840. The number of benzene rings is 1. The van der Waals surface area contributed by atoms with E-state index in [1.54, 1.807) is 6.07 Å². The van der Waals surface area contributed by atoms with Crippen LogP contribution in [-0.4, -0.2) is 15.0 Å². The van der Waals surface area contributed by atoms with Gasteiger partial charge in [-0.1, -0.05) is 30.4 Å². The molecule has 0 saturated carbocycles. The molecule has 0 saturated heterocycles. The largest absolute Gasteiger partial charge is 0.424 e. The Bertz CT molecular complexity index is 543. The van der Waals surface area contributed by atoms with E-state index in [0.29, 0.717) is 11.4 Å². The highest BCUT2D eigenvalue weighted by Crippen LogP contribution is 2.17. The van der Waals surface area contributed by atoms with Crippen LogP contribution >= 0.6 is 12.2 Å². The van der Waals surface area contributed by atoms with E-state index in [-0.39, 0.29) is 11.0 Å². The van der Waals surface area contributed by atoms with Gasteiger partial charge in [0, 0.05) is 5.69 Å². The van der Waals surface area contributed by atoms with Crippen LogP contribution in [0.5, 0.6) is 11.8 Å². The lowest BCUT2D eigenvalue weighted by atomic mass is 10.3. The Morgan fingerprint density at radius 3 is 2.59 bits per heavy atom. The summed E-state index contributed by atoms with van der Waals surface area (Å²) in [6.45, 7) is 1.83. The van der Waals surface area contributed by atoms with Crippen molar-refractivity contribution in [2.24, 2.45) is 5.73 Å². The van der Waals surface area contributed by atoms with Crippen LogP contribution in [-0.2, 0) is 0 Å². The molecule has 0 fully saturated rings. The number of nitrogens with zero attached hydrogens (tertiary/aromatic N) is 2. The van der Waals surface area contributed by atoms with Gasteiger partial charge in [0.15, 0.2) is 0 Å². The van der Waals surface area contributed by atoms with Gasteiger partial charge in [0.25, 0.3) is 0 Å². The predicted molar refractivity (Wildman–Crippen MR) is 69.2 cm³/mol. The van der Waals surface area contributed by atoms with E-state index in [2.05, 4.69) is 9.97 Å². The van der Waals surface area contributed by atoms with Gasteiger partial charge in [-0.15, -0.1) is 0 Å². The number of nitrogens with two attached hydrogens (primary N) is 1. The molecule has 0 atom stereocenters. The Balaban J connectivity index is 2.30. The van der Waals surface area contributed by atoms with Crippen molar-refractivity contribution in [2.45, 2.75) is 6.92 Å². The van der Waals surface area contributed by atoms with Crippen molar-refractivity contribution in [2.75, 3.05) is 0 Å². The molecule has 0 radical (unpaired) electrons. The van der Waals surface area contributed by atoms with Crippen LogP contribution in [0.3, 0.4) is 0 Å². The maximum atomic E-state index is 5.53. The lowest BCUT2D eigenvalue weighted by Crippen LogP contribution is -2.13. The van der Waals surface area contributed by atoms with E-state index in [9.17, 15) is 0 Å². The molecule has 5 heteroatoms. The number of ether oxygens (including phenoxy) is 1. The molecule has 2 N–H and O–H groups in total. The molecule has 1 aromatic carbocycles. The lowest BCUT2D eigenvalue weighted by molar-refractivity contribution is 0.440. The minimum Gasteiger partial charge on any atom is -0.424 e. The van der Waals surface area contributed by atoms with E-state index in [1.165, 1.54) is 0 Å². The fourth-order valence-corrected chi connectivity index (χ4v) is 1.41. The molecule has 2 aromatic rings. The molecule has 0 aliphatic carbocycles. The topological polar surface area (TPSA) is 61.0 Å². The smallest absolute Gasteiger partial charge is 0.322 e. The van der Waals surface area contributed by atoms with Crippen LogP contribution in [0, 0.1) is 6.92 Å². The lowest BCUT2D eigenvalue weighted by Gasteiger charge is -2.06. The van der Waals surface area contributed by atoms with Crippen molar-refractivity contribution in [1.29, 1.82) is 0 Å². The average Bonchev–Trinajstić information content (AvgIpc) is 2.29. The average molecular weight is 245 g/mol. The van der Waals surface area contributed by atoms with Gasteiger partial charge >= 0.3 is 6.01 Å². The number of hydrogen-bond donors (Lipinski definition) is 1. The second kappa shape index (κ2) is 4.88. The Morgan fingerprint density at radius 2 is 1.94 bits per heavy atom. The zero-order valence-electron chi connectivity index (χ0n) is 9.25. The molecule has 86 valence electrons.